The lowest BCUT2D eigenvalue weighted by Crippen LogP contribution is -2.44. The average Bonchev–Trinajstić information content (AvgIpc) is 2.65. The SMILES string of the molecule is N[C@H]1CCN(CC(=O)NC2CCOCC2)C1. The van der Waals surface area contributed by atoms with E-state index in [4.69, 9.17) is 10.5 Å². The minimum atomic E-state index is 0.126. The van der Waals surface area contributed by atoms with Crippen molar-refractivity contribution in [2.45, 2.75) is 31.3 Å². The molecule has 0 radical (unpaired) electrons. The summed E-state index contributed by atoms with van der Waals surface area (Å²) >= 11 is 0. The highest BCUT2D eigenvalue weighted by Crippen LogP contribution is 2.08. The van der Waals surface area contributed by atoms with Gasteiger partial charge in [-0.3, -0.25) is 9.69 Å². The zero-order valence-corrected chi connectivity index (χ0v) is 9.65. The molecule has 0 saturated carbocycles. The predicted octanol–water partition coefficient (Wildman–Crippen LogP) is -0.685. The first-order valence-corrected chi connectivity index (χ1v) is 6.09. The lowest BCUT2D eigenvalue weighted by molar-refractivity contribution is -0.123. The van der Waals surface area contributed by atoms with Crippen molar-refractivity contribution in [2.24, 2.45) is 5.73 Å². The Morgan fingerprint density at radius 3 is 2.75 bits per heavy atom. The number of carbonyl (C=O) groups excluding carboxylic acids is 1. The molecule has 0 aromatic heterocycles. The first-order chi connectivity index (χ1) is 7.74. The van der Waals surface area contributed by atoms with E-state index in [-0.39, 0.29) is 11.9 Å². The van der Waals surface area contributed by atoms with Crippen LogP contribution in [0, 0.1) is 0 Å². The number of ether oxygens (including phenoxy) is 1. The van der Waals surface area contributed by atoms with Gasteiger partial charge in [-0.15, -0.1) is 0 Å². The molecule has 0 unspecified atom stereocenters. The molecule has 2 saturated heterocycles. The van der Waals surface area contributed by atoms with Crippen molar-refractivity contribution < 1.29 is 9.53 Å². The van der Waals surface area contributed by atoms with Gasteiger partial charge >= 0.3 is 0 Å². The molecule has 2 rings (SSSR count). The lowest BCUT2D eigenvalue weighted by Gasteiger charge is -2.24. The highest BCUT2D eigenvalue weighted by Gasteiger charge is 2.22. The molecule has 2 aliphatic rings. The Kier molecular flexibility index (Phi) is 4.15. The first-order valence-electron chi connectivity index (χ1n) is 6.09. The number of carbonyl (C=O) groups is 1. The average molecular weight is 227 g/mol. The van der Waals surface area contributed by atoms with E-state index in [1.165, 1.54) is 0 Å². The van der Waals surface area contributed by atoms with Crippen LogP contribution in [0.3, 0.4) is 0 Å². The zero-order chi connectivity index (χ0) is 11.4. The first kappa shape index (κ1) is 11.8. The van der Waals surface area contributed by atoms with Crippen LogP contribution in [-0.2, 0) is 9.53 Å². The molecule has 1 atom stereocenters. The zero-order valence-electron chi connectivity index (χ0n) is 9.65. The van der Waals surface area contributed by atoms with Crippen molar-refractivity contribution in [2.75, 3.05) is 32.8 Å². The second-order valence-electron chi connectivity index (χ2n) is 4.74. The summed E-state index contributed by atoms with van der Waals surface area (Å²) in [6.07, 6.45) is 2.88. The van der Waals surface area contributed by atoms with Crippen LogP contribution in [0.4, 0.5) is 0 Å². The highest BCUT2D eigenvalue weighted by atomic mass is 16.5. The molecule has 92 valence electrons. The smallest absolute Gasteiger partial charge is 0.234 e. The fraction of sp³-hybridized carbons (Fsp3) is 0.909. The number of nitrogens with two attached hydrogens (primary N) is 1. The third-order valence-electron chi connectivity index (χ3n) is 3.26. The van der Waals surface area contributed by atoms with E-state index in [1.54, 1.807) is 0 Å². The van der Waals surface area contributed by atoms with Gasteiger partial charge in [0.2, 0.25) is 5.91 Å². The molecule has 0 bridgehead atoms. The van der Waals surface area contributed by atoms with Gasteiger partial charge in [-0.25, -0.2) is 0 Å². The number of hydrogen-bond donors (Lipinski definition) is 2. The molecule has 0 aromatic carbocycles. The maximum absolute atomic E-state index is 11.7. The summed E-state index contributed by atoms with van der Waals surface area (Å²) in [7, 11) is 0. The van der Waals surface area contributed by atoms with Crippen LogP contribution in [0.1, 0.15) is 19.3 Å². The Bertz CT molecular complexity index is 233. The topological polar surface area (TPSA) is 67.6 Å². The Balaban J connectivity index is 1.67. The van der Waals surface area contributed by atoms with E-state index in [9.17, 15) is 4.79 Å². The standard InChI is InChI=1S/C11H21N3O2/c12-9-1-4-14(7-9)8-11(15)13-10-2-5-16-6-3-10/h9-10H,1-8,12H2,(H,13,15)/t9-/m0/s1. The second kappa shape index (κ2) is 5.61. The molecular weight excluding hydrogens is 206 g/mol. The van der Waals surface area contributed by atoms with Gasteiger partial charge in [-0.1, -0.05) is 0 Å². The van der Waals surface area contributed by atoms with Crippen LogP contribution in [-0.4, -0.2) is 55.7 Å². The summed E-state index contributed by atoms with van der Waals surface area (Å²) in [5.74, 6) is 0.126. The monoisotopic (exact) mass is 227 g/mol. The third kappa shape index (κ3) is 3.43. The van der Waals surface area contributed by atoms with E-state index in [0.717, 1.165) is 45.6 Å². The van der Waals surface area contributed by atoms with Gasteiger partial charge in [-0.2, -0.15) is 0 Å². The van der Waals surface area contributed by atoms with E-state index < -0.39 is 0 Å². The molecule has 16 heavy (non-hydrogen) atoms. The summed E-state index contributed by atoms with van der Waals surface area (Å²) < 4.78 is 5.25. The minimum Gasteiger partial charge on any atom is -0.381 e. The van der Waals surface area contributed by atoms with E-state index in [1.807, 2.05) is 0 Å². The van der Waals surface area contributed by atoms with Crippen LogP contribution < -0.4 is 11.1 Å². The highest BCUT2D eigenvalue weighted by molar-refractivity contribution is 5.78. The van der Waals surface area contributed by atoms with E-state index >= 15 is 0 Å². The Hall–Kier alpha value is -0.650. The molecule has 5 nitrogen and oxygen atoms in total. The maximum atomic E-state index is 11.7. The molecular formula is C11H21N3O2. The largest absolute Gasteiger partial charge is 0.381 e. The van der Waals surface area contributed by atoms with Crippen molar-refractivity contribution in [1.29, 1.82) is 0 Å². The number of amides is 1. The molecule has 2 fully saturated rings. The summed E-state index contributed by atoms with van der Waals surface area (Å²) in [6.45, 7) is 3.81. The van der Waals surface area contributed by atoms with Gasteiger partial charge in [0.1, 0.15) is 0 Å². The van der Waals surface area contributed by atoms with Crippen molar-refractivity contribution in [1.82, 2.24) is 10.2 Å². The second-order valence-corrected chi connectivity index (χ2v) is 4.74. The normalized spacial score (nSPS) is 28.2. The fourth-order valence-electron chi connectivity index (χ4n) is 2.32. The fourth-order valence-corrected chi connectivity index (χ4v) is 2.32. The summed E-state index contributed by atoms with van der Waals surface area (Å²) in [4.78, 5) is 13.9. The summed E-state index contributed by atoms with van der Waals surface area (Å²) in [5.41, 5.74) is 5.80. The van der Waals surface area contributed by atoms with E-state index in [2.05, 4.69) is 10.2 Å². The third-order valence-corrected chi connectivity index (χ3v) is 3.26. The predicted molar refractivity (Wildman–Crippen MR) is 61.0 cm³/mol. The van der Waals surface area contributed by atoms with Gasteiger partial charge in [0.15, 0.2) is 0 Å². The van der Waals surface area contributed by atoms with Crippen molar-refractivity contribution in [3.05, 3.63) is 0 Å². The minimum absolute atomic E-state index is 0.126. The van der Waals surface area contributed by atoms with E-state index in [0.29, 0.717) is 12.6 Å². The number of nitrogens with one attached hydrogen (secondary N) is 1. The van der Waals surface area contributed by atoms with Crippen molar-refractivity contribution >= 4 is 5.91 Å². The van der Waals surface area contributed by atoms with Crippen molar-refractivity contribution in [3.63, 3.8) is 0 Å². The number of hydrogen-bond acceptors (Lipinski definition) is 4. The Morgan fingerprint density at radius 2 is 2.12 bits per heavy atom. The lowest BCUT2D eigenvalue weighted by atomic mass is 10.1. The van der Waals surface area contributed by atoms with Crippen LogP contribution in [0.5, 0.6) is 0 Å². The molecule has 0 aromatic rings. The van der Waals surface area contributed by atoms with Crippen LogP contribution in [0.25, 0.3) is 0 Å². The van der Waals surface area contributed by atoms with Gasteiger partial charge < -0.3 is 15.8 Å². The van der Waals surface area contributed by atoms with Gasteiger partial charge in [0.25, 0.3) is 0 Å². The molecule has 2 aliphatic heterocycles. The van der Waals surface area contributed by atoms with Crippen LogP contribution in [0.15, 0.2) is 0 Å². The Labute approximate surface area is 96.3 Å². The molecule has 5 heteroatoms. The maximum Gasteiger partial charge on any atom is 0.234 e. The molecule has 3 N–H and O–H groups in total. The van der Waals surface area contributed by atoms with Crippen LogP contribution >= 0.6 is 0 Å². The number of nitrogens with zero attached hydrogens (tertiary/aromatic N) is 1. The van der Waals surface area contributed by atoms with Gasteiger partial charge in [-0.05, 0) is 19.3 Å². The summed E-state index contributed by atoms with van der Waals surface area (Å²) in [5, 5.41) is 3.06. The quantitative estimate of drug-likeness (QED) is 0.670. The van der Waals surface area contributed by atoms with Gasteiger partial charge in [0.05, 0.1) is 6.54 Å². The Morgan fingerprint density at radius 1 is 1.38 bits per heavy atom. The van der Waals surface area contributed by atoms with Crippen molar-refractivity contribution in [3.8, 4) is 0 Å². The molecule has 0 aliphatic carbocycles. The summed E-state index contributed by atoms with van der Waals surface area (Å²) in [6, 6.07) is 0.549. The number of rotatable bonds is 3. The number of likely N-dealkylation sites (tertiary alicyclic amines) is 1. The van der Waals surface area contributed by atoms with Gasteiger partial charge in [0, 0.05) is 38.4 Å². The molecule has 2 heterocycles. The molecule has 0 spiro atoms. The molecule has 1 amide bonds. The van der Waals surface area contributed by atoms with Crippen LogP contribution in [0.2, 0.25) is 0 Å².